The third-order valence-electron chi connectivity index (χ3n) is 2.94. The highest BCUT2D eigenvalue weighted by Crippen LogP contribution is 2.15. The molecule has 0 fully saturated rings. The molecule has 0 atom stereocenters. The zero-order chi connectivity index (χ0) is 15.2. The van der Waals surface area contributed by atoms with E-state index in [1.165, 1.54) is 0 Å². The number of carbonyl (C=O) groups excluding carboxylic acids is 1. The van der Waals surface area contributed by atoms with E-state index in [-0.39, 0.29) is 5.57 Å². The molecule has 3 nitrogen and oxygen atoms in total. The van der Waals surface area contributed by atoms with Crippen molar-refractivity contribution in [3.8, 4) is 6.07 Å². The molecule has 0 spiro atoms. The lowest BCUT2D eigenvalue weighted by Crippen LogP contribution is -2.13. The molecule has 0 aliphatic heterocycles. The summed E-state index contributed by atoms with van der Waals surface area (Å²) in [6, 6.07) is 17.0. The van der Waals surface area contributed by atoms with E-state index in [0.29, 0.717) is 5.69 Å². The van der Waals surface area contributed by atoms with E-state index in [2.05, 4.69) is 27.9 Å². The highest BCUT2D eigenvalue weighted by Gasteiger charge is 2.10. The molecule has 0 aromatic heterocycles. The Morgan fingerprint density at radius 1 is 1.24 bits per heavy atom. The van der Waals surface area contributed by atoms with Gasteiger partial charge in [-0.15, -0.1) is 0 Å². The highest BCUT2D eigenvalue weighted by molar-refractivity contribution is 14.1. The summed E-state index contributed by atoms with van der Waals surface area (Å²) in [6.45, 7) is 1.94. The molecule has 1 N–H and O–H groups in total. The van der Waals surface area contributed by atoms with Gasteiger partial charge in [-0.05, 0) is 64.9 Å². The molecule has 2 aromatic carbocycles. The maximum absolute atomic E-state index is 12.2. The molecule has 0 radical (unpaired) electrons. The number of rotatable bonds is 3. The van der Waals surface area contributed by atoms with Crippen molar-refractivity contribution in [1.29, 1.82) is 5.26 Å². The van der Waals surface area contributed by atoms with E-state index in [1.54, 1.807) is 12.1 Å². The number of nitrogens with zero attached hydrogens (tertiary/aromatic N) is 1. The lowest BCUT2D eigenvalue weighted by Gasteiger charge is -2.05. The van der Waals surface area contributed by atoms with Gasteiger partial charge in [0.2, 0.25) is 0 Å². The average Bonchev–Trinajstić information content (AvgIpc) is 2.46. The van der Waals surface area contributed by atoms with Gasteiger partial charge in [0.15, 0.2) is 0 Å². The Morgan fingerprint density at radius 3 is 2.67 bits per heavy atom. The number of aryl methyl sites for hydroxylation is 1. The zero-order valence-electron chi connectivity index (χ0n) is 11.4. The van der Waals surface area contributed by atoms with E-state index in [9.17, 15) is 10.1 Å². The van der Waals surface area contributed by atoms with Crippen LogP contribution in [0.2, 0.25) is 0 Å². The summed E-state index contributed by atoms with van der Waals surface area (Å²) in [5.74, 6) is -0.400. The normalized spacial score (nSPS) is 10.8. The van der Waals surface area contributed by atoms with Crippen LogP contribution in [0.25, 0.3) is 6.08 Å². The monoisotopic (exact) mass is 388 g/mol. The molecule has 0 bridgehead atoms. The summed E-state index contributed by atoms with van der Waals surface area (Å²) in [5.41, 5.74) is 2.65. The first-order valence-electron chi connectivity index (χ1n) is 6.34. The van der Waals surface area contributed by atoms with Gasteiger partial charge in [-0.25, -0.2) is 0 Å². The van der Waals surface area contributed by atoms with Gasteiger partial charge in [-0.1, -0.05) is 30.3 Å². The Hall–Kier alpha value is -2.13. The number of hydrogen-bond donors (Lipinski definition) is 1. The number of nitriles is 1. The fraction of sp³-hybridized carbons (Fsp3) is 0.0588. The van der Waals surface area contributed by atoms with Crippen molar-refractivity contribution >= 4 is 40.3 Å². The first-order valence-corrected chi connectivity index (χ1v) is 7.42. The average molecular weight is 388 g/mol. The van der Waals surface area contributed by atoms with Crippen molar-refractivity contribution in [2.24, 2.45) is 0 Å². The summed E-state index contributed by atoms with van der Waals surface area (Å²) in [7, 11) is 0. The smallest absolute Gasteiger partial charge is 0.266 e. The quantitative estimate of drug-likeness (QED) is 0.488. The van der Waals surface area contributed by atoms with E-state index in [1.807, 2.05) is 55.5 Å². The molecule has 0 saturated heterocycles. The summed E-state index contributed by atoms with van der Waals surface area (Å²) in [6.07, 6.45) is 1.61. The van der Waals surface area contributed by atoms with Crippen LogP contribution in [0.1, 0.15) is 11.1 Å². The van der Waals surface area contributed by atoms with Crippen molar-refractivity contribution in [3.63, 3.8) is 0 Å². The lowest BCUT2D eigenvalue weighted by molar-refractivity contribution is -0.112. The van der Waals surface area contributed by atoms with Crippen LogP contribution < -0.4 is 5.32 Å². The number of carbonyl (C=O) groups is 1. The molecule has 104 valence electrons. The maximum atomic E-state index is 12.2. The molecule has 21 heavy (non-hydrogen) atoms. The molecule has 0 unspecified atom stereocenters. The van der Waals surface area contributed by atoms with Crippen LogP contribution >= 0.6 is 22.6 Å². The molecule has 0 aliphatic carbocycles. The number of amides is 1. The van der Waals surface area contributed by atoms with E-state index in [0.717, 1.165) is 14.7 Å². The van der Waals surface area contributed by atoms with Gasteiger partial charge in [0.1, 0.15) is 11.6 Å². The predicted octanol–water partition coefficient (Wildman–Crippen LogP) is 4.15. The highest BCUT2D eigenvalue weighted by atomic mass is 127. The van der Waals surface area contributed by atoms with E-state index >= 15 is 0 Å². The van der Waals surface area contributed by atoms with Gasteiger partial charge in [0.05, 0.1) is 0 Å². The molecule has 2 rings (SSSR count). The van der Waals surface area contributed by atoms with Gasteiger partial charge in [0, 0.05) is 9.26 Å². The second kappa shape index (κ2) is 7.04. The van der Waals surface area contributed by atoms with Gasteiger partial charge < -0.3 is 5.32 Å². The molecular weight excluding hydrogens is 375 g/mol. The van der Waals surface area contributed by atoms with Crippen molar-refractivity contribution in [2.75, 3.05) is 5.32 Å². The Morgan fingerprint density at radius 2 is 2.00 bits per heavy atom. The maximum Gasteiger partial charge on any atom is 0.266 e. The topological polar surface area (TPSA) is 52.9 Å². The third kappa shape index (κ3) is 4.17. The number of anilines is 1. The van der Waals surface area contributed by atoms with E-state index < -0.39 is 5.91 Å². The Balaban J connectivity index is 2.24. The summed E-state index contributed by atoms with van der Waals surface area (Å²) in [5, 5.41) is 11.9. The fourth-order valence-electron chi connectivity index (χ4n) is 1.82. The Kier molecular flexibility index (Phi) is 5.12. The van der Waals surface area contributed by atoms with Gasteiger partial charge in [0.25, 0.3) is 5.91 Å². The van der Waals surface area contributed by atoms with Crippen LogP contribution in [0.5, 0.6) is 0 Å². The standard InChI is InChI=1S/C17H13IN2O/c1-12-5-2-3-6-13(12)9-14(11-19)17(21)20-16-8-4-7-15(18)10-16/h2-10H,1H3,(H,20,21)/b14-9+. The van der Waals surface area contributed by atoms with Crippen molar-refractivity contribution < 1.29 is 4.79 Å². The van der Waals surface area contributed by atoms with Crippen LogP contribution in [0, 0.1) is 21.8 Å². The van der Waals surface area contributed by atoms with Crippen LogP contribution in [-0.2, 0) is 4.79 Å². The molecular formula is C17H13IN2O. The second-order valence-electron chi connectivity index (χ2n) is 4.49. The van der Waals surface area contributed by atoms with Crippen molar-refractivity contribution in [2.45, 2.75) is 6.92 Å². The molecule has 2 aromatic rings. The molecule has 1 amide bonds. The number of halogens is 1. The third-order valence-corrected chi connectivity index (χ3v) is 3.61. The summed E-state index contributed by atoms with van der Waals surface area (Å²) < 4.78 is 1.02. The van der Waals surface area contributed by atoms with Gasteiger partial charge in [-0.3, -0.25) is 4.79 Å². The van der Waals surface area contributed by atoms with Crippen molar-refractivity contribution in [1.82, 2.24) is 0 Å². The second-order valence-corrected chi connectivity index (χ2v) is 5.74. The first-order chi connectivity index (χ1) is 10.1. The number of benzene rings is 2. The lowest BCUT2D eigenvalue weighted by atomic mass is 10.1. The SMILES string of the molecule is Cc1ccccc1/C=C(\C#N)C(=O)Nc1cccc(I)c1. The fourth-order valence-corrected chi connectivity index (χ4v) is 2.36. The van der Waals surface area contributed by atoms with Crippen molar-refractivity contribution in [3.05, 3.63) is 68.8 Å². The predicted molar refractivity (Wildman–Crippen MR) is 92.6 cm³/mol. The Labute approximate surface area is 137 Å². The van der Waals surface area contributed by atoms with Gasteiger partial charge in [-0.2, -0.15) is 5.26 Å². The first kappa shape index (κ1) is 15.3. The summed E-state index contributed by atoms with van der Waals surface area (Å²) in [4.78, 5) is 12.2. The minimum absolute atomic E-state index is 0.0863. The zero-order valence-corrected chi connectivity index (χ0v) is 13.6. The van der Waals surface area contributed by atoms with Crippen LogP contribution in [0.4, 0.5) is 5.69 Å². The van der Waals surface area contributed by atoms with Crippen LogP contribution in [0.15, 0.2) is 54.1 Å². The van der Waals surface area contributed by atoms with Gasteiger partial charge >= 0.3 is 0 Å². The number of hydrogen-bond acceptors (Lipinski definition) is 2. The molecule has 4 heteroatoms. The molecule has 0 aliphatic rings. The summed E-state index contributed by atoms with van der Waals surface area (Å²) >= 11 is 2.17. The molecule has 0 saturated carbocycles. The molecule has 0 heterocycles. The Bertz CT molecular complexity index is 744. The minimum Gasteiger partial charge on any atom is -0.321 e. The number of nitrogens with one attached hydrogen (secondary N) is 1. The minimum atomic E-state index is -0.400. The van der Waals surface area contributed by atoms with E-state index in [4.69, 9.17) is 0 Å². The van der Waals surface area contributed by atoms with Crippen LogP contribution in [-0.4, -0.2) is 5.91 Å². The largest absolute Gasteiger partial charge is 0.321 e. The van der Waals surface area contributed by atoms with Crippen LogP contribution in [0.3, 0.4) is 0 Å².